The van der Waals surface area contributed by atoms with Crippen LogP contribution in [0, 0.1) is 6.92 Å². The first kappa shape index (κ1) is 17.4. The highest BCUT2D eigenvalue weighted by Crippen LogP contribution is 2.14. The molecule has 3 rings (SSSR count). The summed E-state index contributed by atoms with van der Waals surface area (Å²) in [6.45, 7) is 3.57. The number of anilines is 1. The summed E-state index contributed by atoms with van der Waals surface area (Å²) in [5.74, 6) is -0.354. The molecule has 0 saturated heterocycles. The van der Waals surface area contributed by atoms with Gasteiger partial charge in [0.25, 0.3) is 11.5 Å². The molecule has 0 aliphatic heterocycles. The summed E-state index contributed by atoms with van der Waals surface area (Å²) in [6, 6.07) is 14.2. The molecule has 0 aliphatic rings. The highest BCUT2D eigenvalue weighted by molar-refractivity contribution is 5.95. The summed E-state index contributed by atoms with van der Waals surface area (Å²) in [6.07, 6.45) is 0. The van der Waals surface area contributed by atoms with Gasteiger partial charge in [0.05, 0.1) is 0 Å². The molecule has 0 atom stereocenters. The minimum atomic E-state index is -0.197. The maximum atomic E-state index is 12.3. The van der Waals surface area contributed by atoms with Crippen LogP contribution in [0.1, 0.15) is 28.4 Å². The molecule has 3 aromatic rings. The van der Waals surface area contributed by atoms with Gasteiger partial charge in [-0.3, -0.25) is 14.4 Å². The van der Waals surface area contributed by atoms with Crippen LogP contribution in [0.2, 0.25) is 0 Å². The average molecular weight is 349 g/mol. The fraction of sp³-hybridized carbons (Fsp3) is 0.150. The van der Waals surface area contributed by atoms with E-state index in [1.807, 2.05) is 24.3 Å². The second kappa shape index (κ2) is 7.23. The topological polar surface area (TPSA) is 91.1 Å². The summed E-state index contributed by atoms with van der Waals surface area (Å²) >= 11 is 0. The van der Waals surface area contributed by atoms with Crippen LogP contribution in [-0.4, -0.2) is 16.8 Å². The minimum Gasteiger partial charge on any atom is -0.348 e. The molecular formula is C20H19N3O3. The lowest BCUT2D eigenvalue weighted by Crippen LogP contribution is -2.22. The van der Waals surface area contributed by atoms with Crippen molar-refractivity contribution in [3.8, 4) is 0 Å². The Hall–Kier alpha value is -3.41. The maximum absolute atomic E-state index is 12.3. The fourth-order valence-electron chi connectivity index (χ4n) is 2.67. The fourth-order valence-corrected chi connectivity index (χ4v) is 2.67. The standard InChI is InChI=1S/C20H19N3O3/c1-12-9-16-10-14(3-8-18(16)23-19(12)25)11-21-20(26)15-4-6-17(7-5-15)22-13(2)24/h3-10H,11H2,1-2H3,(H,21,26)(H,22,24)(H,23,25). The number of carbonyl (C=O) groups is 2. The van der Waals surface area contributed by atoms with Gasteiger partial charge < -0.3 is 15.6 Å². The summed E-state index contributed by atoms with van der Waals surface area (Å²) in [5, 5.41) is 6.45. The number of aryl methyl sites for hydroxylation is 1. The number of carbonyl (C=O) groups excluding carboxylic acids is 2. The zero-order chi connectivity index (χ0) is 18.7. The second-order valence-corrected chi connectivity index (χ2v) is 6.14. The number of nitrogens with one attached hydrogen (secondary N) is 3. The lowest BCUT2D eigenvalue weighted by Gasteiger charge is -2.08. The van der Waals surface area contributed by atoms with E-state index in [1.54, 1.807) is 31.2 Å². The zero-order valence-electron chi connectivity index (χ0n) is 14.6. The smallest absolute Gasteiger partial charge is 0.251 e. The molecule has 0 saturated carbocycles. The number of H-pyrrole nitrogens is 1. The molecule has 0 spiro atoms. The number of aromatic amines is 1. The SMILES string of the molecule is CC(=O)Nc1ccc(C(=O)NCc2ccc3[nH]c(=O)c(C)cc3c2)cc1. The molecule has 6 heteroatoms. The van der Waals surface area contributed by atoms with E-state index in [9.17, 15) is 14.4 Å². The van der Waals surface area contributed by atoms with Gasteiger partial charge >= 0.3 is 0 Å². The van der Waals surface area contributed by atoms with Gasteiger partial charge in [0, 0.05) is 35.8 Å². The molecule has 2 aromatic carbocycles. The van der Waals surface area contributed by atoms with Gasteiger partial charge in [0.1, 0.15) is 0 Å². The summed E-state index contributed by atoms with van der Waals surface area (Å²) in [7, 11) is 0. The molecule has 3 N–H and O–H groups in total. The lowest BCUT2D eigenvalue weighted by atomic mass is 10.1. The van der Waals surface area contributed by atoms with Gasteiger partial charge in [-0.1, -0.05) is 6.07 Å². The van der Waals surface area contributed by atoms with Crippen molar-refractivity contribution in [2.24, 2.45) is 0 Å². The van der Waals surface area contributed by atoms with E-state index in [0.29, 0.717) is 23.4 Å². The predicted octanol–water partition coefficient (Wildman–Crippen LogP) is 2.72. The maximum Gasteiger partial charge on any atom is 0.251 e. The van der Waals surface area contributed by atoms with Crippen molar-refractivity contribution in [2.45, 2.75) is 20.4 Å². The molecular weight excluding hydrogens is 330 g/mol. The Morgan fingerprint density at radius 3 is 2.46 bits per heavy atom. The van der Waals surface area contributed by atoms with Gasteiger partial charge in [-0.15, -0.1) is 0 Å². The highest BCUT2D eigenvalue weighted by atomic mass is 16.2. The Morgan fingerprint density at radius 1 is 1.04 bits per heavy atom. The van der Waals surface area contributed by atoms with Crippen LogP contribution in [-0.2, 0) is 11.3 Å². The first-order chi connectivity index (χ1) is 12.4. The van der Waals surface area contributed by atoms with Crippen molar-refractivity contribution >= 4 is 28.4 Å². The molecule has 1 heterocycles. The molecule has 26 heavy (non-hydrogen) atoms. The number of fused-ring (bicyclic) bond motifs is 1. The normalized spacial score (nSPS) is 10.5. The third kappa shape index (κ3) is 3.97. The van der Waals surface area contributed by atoms with Crippen molar-refractivity contribution < 1.29 is 9.59 Å². The first-order valence-electron chi connectivity index (χ1n) is 8.21. The molecule has 132 valence electrons. The summed E-state index contributed by atoms with van der Waals surface area (Å²) < 4.78 is 0. The molecule has 0 unspecified atom stereocenters. The van der Waals surface area contributed by atoms with E-state index in [-0.39, 0.29) is 17.4 Å². The molecule has 2 amide bonds. The Morgan fingerprint density at radius 2 is 1.77 bits per heavy atom. The number of pyridine rings is 1. The van der Waals surface area contributed by atoms with Crippen molar-refractivity contribution in [3.05, 3.63) is 75.6 Å². The van der Waals surface area contributed by atoms with E-state index < -0.39 is 0 Å². The van der Waals surface area contributed by atoms with E-state index >= 15 is 0 Å². The van der Waals surface area contributed by atoms with E-state index in [2.05, 4.69) is 15.6 Å². The van der Waals surface area contributed by atoms with Gasteiger partial charge in [0.2, 0.25) is 5.91 Å². The van der Waals surface area contributed by atoms with Gasteiger partial charge in [-0.05, 0) is 60.3 Å². The lowest BCUT2D eigenvalue weighted by molar-refractivity contribution is -0.114. The Bertz CT molecular complexity index is 1040. The van der Waals surface area contributed by atoms with Crippen LogP contribution in [0.25, 0.3) is 10.9 Å². The minimum absolute atomic E-state index is 0.0961. The first-order valence-corrected chi connectivity index (χ1v) is 8.21. The number of rotatable bonds is 4. The van der Waals surface area contributed by atoms with Crippen LogP contribution in [0.4, 0.5) is 5.69 Å². The van der Waals surface area contributed by atoms with Crippen molar-refractivity contribution in [3.63, 3.8) is 0 Å². The van der Waals surface area contributed by atoms with Crippen LogP contribution >= 0.6 is 0 Å². The molecule has 6 nitrogen and oxygen atoms in total. The summed E-state index contributed by atoms with van der Waals surface area (Å²) in [4.78, 5) is 37.7. The van der Waals surface area contributed by atoms with Crippen molar-refractivity contribution in [2.75, 3.05) is 5.32 Å². The van der Waals surface area contributed by atoms with Crippen molar-refractivity contribution in [1.82, 2.24) is 10.3 Å². The highest BCUT2D eigenvalue weighted by Gasteiger charge is 2.06. The number of hydrogen-bond acceptors (Lipinski definition) is 3. The third-order valence-corrected chi connectivity index (χ3v) is 4.01. The van der Waals surface area contributed by atoms with Gasteiger partial charge in [-0.25, -0.2) is 0 Å². The Kier molecular flexibility index (Phi) is 4.84. The van der Waals surface area contributed by atoms with E-state index in [1.165, 1.54) is 6.92 Å². The molecule has 0 radical (unpaired) electrons. The number of amides is 2. The number of benzene rings is 2. The predicted molar refractivity (Wildman–Crippen MR) is 101 cm³/mol. The van der Waals surface area contributed by atoms with E-state index in [4.69, 9.17) is 0 Å². The summed E-state index contributed by atoms with van der Waals surface area (Å²) in [5.41, 5.74) is 3.42. The van der Waals surface area contributed by atoms with E-state index in [0.717, 1.165) is 16.5 Å². The second-order valence-electron chi connectivity index (χ2n) is 6.14. The van der Waals surface area contributed by atoms with Gasteiger partial charge in [0.15, 0.2) is 0 Å². The molecule has 1 aromatic heterocycles. The molecule has 0 aliphatic carbocycles. The monoisotopic (exact) mass is 349 g/mol. The molecule has 0 bridgehead atoms. The van der Waals surface area contributed by atoms with Crippen LogP contribution in [0.15, 0.2) is 53.3 Å². The van der Waals surface area contributed by atoms with Gasteiger partial charge in [-0.2, -0.15) is 0 Å². The molecule has 0 fully saturated rings. The average Bonchev–Trinajstić information content (AvgIpc) is 2.61. The Balaban J connectivity index is 1.69. The Labute approximate surface area is 150 Å². The zero-order valence-corrected chi connectivity index (χ0v) is 14.6. The number of hydrogen-bond donors (Lipinski definition) is 3. The van der Waals surface area contributed by atoms with Crippen LogP contribution < -0.4 is 16.2 Å². The third-order valence-electron chi connectivity index (χ3n) is 4.01. The largest absolute Gasteiger partial charge is 0.348 e. The van der Waals surface area contributed by atoms with Crippen LogP contribution in [0.3, 0.4) is 0 Å². The van der Waals surface area contributed by atoms with Crippen molar-refractivity contribution in [1.29, 1.82) is 0 Å². The van der Waals surface area contributed by atoms with Crippen LogP contribution in [0.5, 0.6) is 0 Å². The number of aromatic nitrogens is 1. The quantitative estimate of drug-likeness (QED) is 0.676.